The molecule has 5 nitrogen and oxygen atoms in total. The molecule has 2 aromatic rings. The van der Waals surface area contributed by atoms with Gasteiger partial charge in [0, 0.05) is 50.3 Å². The lowest BCUT2D eigenvalue weighted by Crippen LogP contribution is -2.43. The molecule has 0 N–H and O–H groups in total. The molecule has 0 spiro atoms. The summed E-state index contributed by atoms with van der Waals surface area (Å²) < 4.78 is 19.8. The predicted octanol–water partition coefficient (Wildman–Crippen LogP) is 4.15. The first-order valence-electron chi connectivity index (χ1n) is 11.6. The highest BCUT2D eigenvalue weighted by Crippen LogP contribution is 2.22. The highest BCUT2D eigenvalue weighted by Gasteiger charge is 2.26. The van der Waals surface area contributed by atoms with Crippen molar-refractivity contribution in [2.45, 2.75) is 38.3 Å². The Morgan fingerprint density at radius 1 is 1.16 bits per heavy atom. The first-order valence-corrected chi connectivity index (χ1v) is 11.6. The Balaban J connectivity index is 1.33. The molecule has 2 aliphatic rings. The highest BCUT2D eigenvalue weighted by atomic mass is 19.1. The lowest BCUT2D eigenvalue weighted by atomic mass is 9.95. The maximum absolute atomic E-state index is 14.0. The molecule has 170 valence electrons. The Hall–Kier alpha value is -2.57. The molecule has 1 amide bonds. The van der Waals surface area contributed by atoms with Crippen LogP contribution in [0.1, 0.15) is 36.8 Å². The van der Waals surface area contributed by atoms with Crippen molar-refractivity contribution in [1.82, 2.24) is 14.8 Å². The first-order chi connectivity index (χ1) is 15.7. The number of carbonyl (C=O) groups is 1. The van der Waals surface area contributed by atoms with Crippen molar-refractivity contribution in [2.75, 3.05) is 32.8 Å². The molecule has 32 heavy (non-hydrogen) atoms. The van der Waals surface area contributed by atoms with Gasteiger partial charge in [-0.15, -0.1) is 0 Å². The molecular weight excluding hydrogens is 405 g/mol. The summed E-state index contributed by atoms with van der Waals surface area (Å²) in [5.41, 5.74) is 1.67. The van der Waals surface area contributed by atoms with E-state index in [9.17, 15) is 9.18 Å². The summed E-state index contributed by atoms with van der Waals surface area (Å²) in [7, 11) is 0. The smallest absolute Gasteiger partial charge is 0.246 e. The van der Waals surface area contributed by atoms with E-state index in [0.29, 0.717) is 19.0 Å². The van der Waals surface area contributed by atoms with Crippen molar-refractivity contribution in [2.24, 2.45) is 5.92 Å². The van der Waals surface area contributed by atoms with Crippen LogP contribution >= 0.6 is 0 Å². The number of amides is 1. The van der Waals surface area contributed by atoms with Gasteiger partial charge >= 0.3 is 0 Å². The fourth-order valence-electron chi connectivity index (χ4n) is 4.54. The van der Waals surface area contributed by atoms with Gasteiger partial charge in [-0.2, -0.15) is 0 Å². The third kappa shape index (κ3) is 6.47. The summed E-state index contributed by atoms with van der Waals surface area (Å²) >= 11 is 0. The largest absolute Gasteiger partial charge is 0.376 e. The van der Waals surface area contributed by atoms with E-state index >= 15 is 0 Å². The van der Waals surface area contributed by atoms with E-state index in [-0.39, 0.29) is 17.8 Å². The molecule has 0 aliphatic carbocycles. The van der Waals surface area contributed by atoms with Crippen LogP contribution in [0.25, 0.3) is 6.08 Å². The number of rotatable bonds is 8. The summed E-state index contributed by atoms with van der Waals surface area (Å²) in [6, 6.07) is 10.8. The SMILES string of the molecule is O=C(C=Cc1cccnc1)N(CC1CCN(Cc2ccccc2F)CC1)CC1CCCO1. The third-order valence-corrected chi connectivity index (χ3v) is 6.40. The molecule has 1 unspecified atom stereocenters. The Labute approximate surface area is 189 Å². The van der Waals surface area contributed by atoms with E-state index in [4.69, 9.17) is 4.74 Å². The molecule has 2 saturated heterocycles. The van der Waals surface area contributed by atoms with Crippen LogP contribution in [0, 0.1) is 11.7 Å². The second-order valence-corrected chi connectivity index (χ2v) is 8.81. The van der Waals surface area contributed by atoms with E-state index < -0.39 is 0 Å². The zero-order chi connectivity index (χ0) is 22.2. The fraction of sp³-hybridized carbons (Fsp3) is 0.462. The monoisotopic (exact) mass is 437 g/mol. The molecule has 0 bridgehead atoms. The van der Waals surface area contributed by atoms with E-state index in [0.717, 1.165) is 63.1 Å². The number of hydrogen-bond acceptors (Lipinski definition) is 4. The van der Waals surface area contributed by atoms with Crippen LogP contribution in [-0.4, -0.2) is 59.6 Å². The lowest BCUT2D eigenvalue weighted by molar-refractivity contribution is -0.128. The van der Waals surface area contributed by atoms with Gasteiger partial charge in [0.1, 0.15) is 5.82 Å². The van der Waals surface area contributed by atoms with Gasteiger partial charge < -0.3 is 9.64 Å². The van der Waals surface area contributed by atoms with Crippen LogP contribution < -0.4 is 0 Å². The summed E-state index contributed by atoms with van der Waals surface area (Å²) in [6.07, 6.45) is 11.2. The highest BCUT2D eigenvalue weighted by molar-refractivity contribution is 5.91. The van der Waals surface area contributed by atoms with Gasteiger partial charge in [0.2, 0.25) is 5.91 Å². The summed E-state index contributed by atoms with van der Waals surface area (Å²) in [5.74, 6) is 0.338. The molecule has 1 atom stereocenters. The minimum atomic E-state index is -0.136. The number of piperidine rings is 1. The molecule has 4 rings (SSSR count). The van der Waals surface area contributed by atoms with Crippen LogP contribution in [0.4, 0.5) is 4.39 Å². The van der Waals surface area contributed by atoms with Gasteiger partial charge in [-0.05, 0) is 68.5 Å². The van der Waals surface area contributed by atoms with E-state index in [1.54, 1.807) is 24.5 Å². The molecule has 2 fully saturated rings. The molecule has 1 aromatic carbocycles. The van der Waals surface area contributed by atoms with Crippen molar-refractivity contribution in [3.63, 3.8) is 0 Å². The molecule has 6 heteroatoms. The normalized spacial score (nSPS) is 20.1. The van der Waals surface area contributed by atoms with E-state index in [1.807, 2.05) is 35.2 Å². The number of likely N-dealkylation sites (tertiary alicyclic amines) is 1. The number of ether oxygens (including phenoxy) is 1. The number of nitrogens with zero attached hydrogens (tertiary/aromatic N) is 3. The molecule has 0 radical (unpaired) electrons. The zero-order valence-electron chi connectivity index (χ0n) is 18.5. The minimum absolute atomic E-state index is 0.0261. The number of hydrogen-bond donors (Lipinski definition) is 0. The van der Waals surface area contributed by atoms with Crippen molar-refractivity contribution in [1.29, 1.82) is 0 Å². The summed E-state index contributed by atoms with van der Waals surface area (Å²) in [6.45, 7) is 4.66. The maximum atomic E-state index is 14.0. The topological polar surface area (TPSA) is 45.7 Å². The third-order valence-electron chi connectivity index (χ3n) is 6.40. The van der Waals surface area contributed by atoms with Gasteiger partial charge in [-0.3, -0.25) is 14.7 Å². The Morgan fingerprint density at radius 2 is 2.00 bits per heavy atom. The standard InChI is InChI=1S/C26H32FN3O2/c27-25-8-2-1-6-23(25)19-29-14-11-22(12-15-29)18-30(20-24-7-4-16-32-24)26(31)10-9-21-5-3-13-28-17-21/h1-3,5-6,8-10,13,17,22,24H,4,7,11-12,14-16,18-20H2. The van der Waals surface area contributed by atoms with Crippen LogP contribution in [0.5, 0.6) is 0 Å². The van der Waals surface area contributed by atoms with Gasteiger partial charge in [0.25, 0.3) is 0 Å². The van der Waals surface area contributed by atoms with Crippen LogP contribution in [0.3, 0.4) is 0 Å². The number of halogens is 1. The van der Waals surface area contributed by atoms with Crippen molar-refractivity contribution in [3.8, 4) is 0 Å². The molecule has 2 aliphatic heterocycles. The molecule has 0 saturated carbocycles. The Kier molecular flexibility index (Phi) is 8.02. The Morgan fingerprint density at radius 3 is 2.72 bits per heavy atom. The lowest BCUT2D eigenvalue weighted by Gasteiger charge is -2.35. The van der Waals surface area contributed by atoms with Crippen molar-refractivity contribution >= 4 is 12.0 Å². The van der Waals surface area contributed by atoms with Crippen LogP contribution in [-0.2, 0) is 16.1 Å². The van der Waals surface area contributed by atoms with Gasteiger partial charge in [0.05, 0.1) is 6.10 Å². The first kappa shape index (κ1) is 22.6. The second-order valence-electron chi connectivity index (χ2n) is 8.81. The van der Waals surface area contributed by atoms with Gasteiger partial charge in [0.15, 0.2) is 0 Å². The number of carbonyl (C=O) groups excluding carboxylic acids is 1. The predicted molar refractivity (Wildman–Crippen MR) is 123 cm³/mol. The average Bonchev–Trinajstić information content (AvgIpc) is 3.34. The van der Waals surface area contributed by atoms with Gasteiger partial charge in [-0.25, -0.2) is 4.39 Å². The van der Waals surface area contributed by atoms with Crippen LogP contribution in [0.15, 0.2) is 54.9 Å². The van der Waals surface area contributed by atoms with Crippen molar-refractivity contribution in [3.05, 3.63) is 71.8 Å². The fourth-order valence-corrected chi connectivity index (χ4v) is 4.54. The average molecular weight is 438 g/mol. The Bertz CT molecular complexity index is 891. The van der Waals surface area contributed by atoms with Gasteiger partial charge in [-0.1, -0.05) is 24.3 Å². The van der Waals surface area contributed by atoms with E-state index in [1.165, 1.54) is 6.07 Å². The molecule has 1 aromatic heterocycles. The van der Waals surface area contributed by atoms with Crippen molar-refractivity contribution < 1.29 is 13.9 Å². The quantitative estimate of drug-likeness (QED) is 0.582. The second kappa shape index (κ2) is 11.3. The summed E-state index contributed by atoms with van der Waals surface area (Å²) in [4.78, 5) is 21.4. The molecule has 3 heterocycles. The summed E-state index contributed by atoms with van der Waals surface area (Å²) in [5, 5.41) is 0. The molecular formula is C26H32FN3O2. The number of pyridine rings is 1. The zero-order valence-corrected chi connectivity index (χ0v) is 18.5. The van der Waals surface area contributed by atoms with E-state index in [2.05, 4.69) is 9.88 Å². The maximum Gasteiger partial charge on any atom is 0.246 e. The van der Waals surface area contributed by atoms with Crippen LogP contribution in [0.2, 0.25) is 0 Å². The number of benzene rings is 1. The minimum Gasteiger partial charge on any atom is -0.376 e. The number of aromatic nitrogens is 1.